The number of hydrogen-bond acceptors (Lipinski definition) is 2. The average Bonchev–Trinajstić information content (AvgIpc) is 3.06. The Kier molecular flexibility index (Phi) is 12.2. The van der Waals surface area contributed by atoms with Crippen molar-refractivity contribution >= 4 is 11.3 Å². The van der Waals surface area contributed by atoms with Crippen LogP contribution in [0.4, 0.5) is 5.69 Å². The van der Waals surface area contributed by atoms with Gasteiger partial charge in [-0.15, -0.1) is 0 Å². The zero-order valence-electron chi connectivity index (χ0n) is 28.4. The molecule has 1 unspecified atom stereocenters. The number of anilines is 1. The molecule has 0 radical (unpaired) electrons. The second-order valence-electron chi connectivity index (χ2n) is 12.7. The van der Waals surface area contributed by atoms with Crippen molar-refractivity contribution in [1.82, 2.24) is 0 Å². The molecule has 0 spiro atoms. The van der Waals surface area contributed by atoms with Gasteiger partial charge in [-0.3, -0.25) is 0 Å². The van der Waals surface area contributed by atoms with Gasteiger partial charge in [-0.25, -0.2) is 0 Å². The molecule has 0 fully saturated rings. The van der Waals surface area contributed by atoms with Crippen LogP contribution in [-0.2, 0) is 0 Å². The lowest BCUT2D eigenvalue weighted by Gasteiger charge is -2.27. The van der Waals surface area contributed by atoms with Crippen LogP contribution < -0.4 is 11.5 Å². The molecular formula is C45H50N2. The Morgan fingerprint density at radius 3 is 2.34 bits per heavy atom. The number of benzene rings is 1. The van der Waals surface area contributed by atoms with E-state index in [1.54, 1.807) is 6.08 Å². The van der Waals surface area contributed by atoms with Crippen molar-refractivity contribution in [3.63, 3.8) is 0 Å². The van der Waals surface area contributed by atoms with Gasteiger partial charge in [0.25, 0.3) is 0 Å². The molecular weight excluding hydrogens is 569 g/mol. The third-order valence-electron chi connectivity index (χ3n) is 8.98. The zero-order chi connectivity index (χ0) is 33.9. The molecule has 1 aromatic rings. The first kappa shape index (κ1) is 34.8. The smallest absolute Gasteiger partial charge is 0.0393 e. The first-order valence-corrected chi connectivity index (χ1v) is 16.5. The molecule has 1 aromatic carbocycles. The number of nitrogens with two attached hydrogens (primary N) is 2. The van der Waals surface area contributed by atoms with Gasteiger partial charge < -0.3 is 11.5 Å². The van der Waals surface area contributed by atoms with E-state index in [9.17, 15) is 0 Å². The highest BCUT2D eigenvalue weighted by atomic mass is 14.6. The molecule has 2 nitrogen and oxygen atoms in total. The summed E-state index contributed by atoms with van der Waals surface area (Å²) < 4.78 is 0. The van der Waals surface area contributed by atoms with Gasteiger partial charge in [-0.2, -0.15) is 0 Å². The fraction of sp³-hybridized carbons (Fsp3) is 0.200. The third-order valence-corrected chi connectivity index (χ3v) is 8.98. The summed E-state index contributed by atoms with van der Waals surface area (Å²) in [5.41, 5.74) is 26.4. The van der Waals surface area contributed by atoms with Crippen LogP contribution in [-0.4, -0.2) is 0 Å². The lowest BCUT2D eigenvalue weighted by molar-refractivity contribution is 0.763. The minimum atomic E-state index is 0.162. The number of rotatable bonds is 11. The summed E-state index contributed by atoms with van der Waals surface area (Å²) >= 11 is 0. The average molecular weight is 619 g/mol. The van der Waals surface area contributed by atoms with Gasteiger partial charge in [0.05, 0.1) is 0 Å². The first-order chi connectivity index (χ1) is 22.6. The highest BCUT2D eigenvalue weighted by molar-refractivity contribution is 5.88. The summed E-state index contributed by atoms with van der Waals surface area (Å²) in [5.74, 6) is 0.403. The molecule has 0 bridgehead atoms. The molecule has 0 amide bonds. The first-order valence-electron chi connectivity index (χ1n) is 16.5. The second kappa shape index (κ2) is 16.5. The molecule has 0 saturated heterocycles. The maximum Gasteiger partial charge on any atom is 0.0393 e. The van der Waals surface area contributed by atoms with Gasteiger partial charge in [-0.05, 0) is 107 Å². The lowest BCUT2D eigenvalue weighted by atomic mass is 9.77. The number of allylic oxidation sites excluding steroid dienone is 25. The van der Waals surface area contributed by atoms with Crippen LogP contribution in [0.5, 0.6) is 0 Å². The predicted molar refractivity (Wildman–Crippen MR) is 207 cm³/mol. The van der Waals surface area contributed by atoms with E-state index >= 15 is 0 Å². The van der Waals surface area contributed by atoms with E-state index in [-0.39, 0.29) is 11.8 Å². The summed E-state index contributed by atoms with van der Waals surface area (Å²) in [6.07, 6.45) is 35.6. The van der Waals surface area contributed by atoms with E-state index in [1.165, 1.54) is 39.6 Å². The van der Waals surface area contributed by atoms with Crippen molar-refractivity contribution in [2.45, 2.75) is 46.5 Å². The van der Waals surface area contributed by atoms with Crippen molar-refractivity contribution in [3.05, 3.63) is 203 Å². The van der Waals surface area contributed by atoms with E-state index in [1.807, 2.05) is 24.3 Å². The van der Waals surface area contributed by atoms with Crippen molar-refractivity contribution in [3.8, 4) is 0 Å². The topological polar surface area (TPSA) is 52.0 Å². The highest BCUT2D eigenvalue weighted by Gasteiger charge is 2.23. The summed E-state index contributed by atoms with van der Waals surface area (Å²) in [7, 11) is 0. The van der Waals surface area contributed by atoms with Gasteiger partial charge in [0.1, 0.15) is 0 Å². The van der Waals surface area contributed by atoms with E-state index in [0.717, 1.165) is 64.8 Å². The molecule has 1 atom stereocenters. The Morgan fingerprint density at radius 2 is 1.68 bits per heavy atom. The normalized spacial score (nSPS) is 20.6. The maximum atomic E-state index is 6.49. The quantitative estimate of drug-likeness (QED) is 0.191. The molecule has 47 heavy (non-hydrogen) atoms. The molecule has 4 rings (SSSR count). The second-order valence-corrected chi connectivity index (χ2v) is 12.7. The minimum absolute atomic E-state index is 0.162. The monoisotopic (exact) mass is 618 g/mol. The van der Waals surface area contributed by atoms with Crippen LogP contribution >= 0.6 is 0 Å². The van der Waals surface area contributed by atoms with Crippen LogP contribution in [0.3, 0.4) is 0 Å². The van der Waals surface area contributed by atoms with Crippen LogP contribution in [0, 0.1) is 11.8 Å². The van der Waals surface area contributed by atoms with Crippen molar-refractivity contribution in [1.29, 1.82) is 0 Å². The van der Waals surface area contributed by atoms with E-state index in [2.05, 4.69) is 126 Å². The van der Waals surface area contributed by atoms with Gasteiger partial charge >= 0.3 is 0 Å². The number of nitrogen functional groups attached to an aromatic ring is 1. The van der Waals surface area contributed by atoms with Gasteiger partial charge in [0.15, 0.2) is 0 Å². The molecule has 4 N–H and O–H groups in total. The lowest BCUT2D eigenvalue weighted by Crippen LogP contribution is -2.11. The highest BCUT2D eigenvalue weighted by Crippen LogP contribution is 2.41. The Bertz CT molecular complexity index is 1780. The Hall–Kier alpha value is -5.08. The predicted octanol–water partition coefficient (Wildman–Crippen LogP) is 11.5. The molecule has 3 aliphatic rings. The summed E-state index contributed by atoms with van der Waals surface area (Å²) in [4.78, 5) is 0. The fourth-order valence-electron chi connectivity index (χ4n) is 6.20. The van der Waals surface area contributed by atoms with E-state index < -0.39 is 0 Å². The number of hydrogen-bond donors (Lipinski definition) is 2. The molecule has 3 aliphatic carbocycles. The molecule has 240 valence electrons. The molecule has 2 heteroatoms. The summed E-state index contributed by atoms with van der Waals surface area (Å²) in [6.45, 7) is 24.0. The van der Waals surface area contributed by atoms with Crippen molar-refractivity contribution in [2.24, 2.45) is 17.6 Å². The van der Waals surface area contributed by atoms with Crippen molar-refractivity contribution < 1.29 is 0 Å². The van der Waals surface area contributed by atoms with Crippen LogP contribution in [0.1, 0.15) is 52.0 Å². The largest absolute Gasteiger partial charge is 0.405 e. The van der Waals surface area contributed by atoms with Gasteiger partial charge in [0.2, 0.25) is 0 Å². The van der Waals surface area contributed by atoms with Crippen LogP contribution in [0.25, 0.3) is 5.57 Å². The maximum absolute atomic E-state index is 6.49. The molecule has 0 heterocycles. The minimum Gasteiger partial charge on any atom is -0.405 e. The van der Waals surface area contributed by atoms with Gasteiger partial charge in [0, 0.05) is 17.2 Å². The van der Waals surface area contributed by atoms with Gasteiger partial charge in [-0.1, -0.05) is 148 Å². The standard InChI is InChI=1S/C45H50N2/c1-31(2)41(27-18-33(4)29-30-46)45(36(7)43-15-11-12-16-44(43)47)40-25-23-39(24-26-40)42-28-19-32(3)17-21-38(35(42)6)22-20-34(5)37-13-9-8-10-14-37/h8-9,11-13,15-23,25,27-31,42H,3-5,7,10,14,24,26,46-47H2,1-2,6H3/b21-17-,22-20-,27-18-,28-19-,30-29-,38-35?,45-41+. The van der Waals surface area contributed by atoms with Crippen LogP contribution in [0.2, 0.25) is 0 Å². The zero-order valence-corrected chi connectivity index (χ0v) is 28.4. The van der Waals surface area contributed by atoms with E-state index in [4.69, 9.17) is 11.5 Å². The van der Waals surface area contributed by atoms with E-state index in [0.29, 0.717) is 0 Å². The molecule has 0 saturated carbocycles. The van der Waals surface area contributed by atoms with Crippen molar-refractivity contribution in [2.75, 3.05) is 5.73 Å². The molecule has 0 aromatic heterocycles. The van der Waals surface area contributed by atoms with Crippen LogP contribution in [0.15, 0.2) is 198 Å². The summed E-state index contributed by atoms with van der Waals surface area (Å²) in [5, 5.41) is 0. The Balaban J connectivity index is 1.78. The third kappa shape index (κ3) is 9.01. The Morgan fingerprint density at radius 1 is 0.894 bits per heavy atom. The fourth-order valence-corrected chi connectivity index (χ4v) is 6.20. The SMILES string of the molecule is C=C(/C=C\N)/C=C\C(=C(\C(=C)c1ccccc1N)C1=CC=C(C2/C=C\C(=C)/C=C\C(/C=C\C(=C)C3=CC=CCC3)=C2C)CC1)C(C)C. The number of para-hydroxylation sites is 1. The summed E-state index contributed by atoms with van der Waals surface area (Å²) in [6, 6.07) is 7.97. The molecule has 0 aliphatic heterocycles. The Labute approximate surface area is 283 Å².